The van der Waals surface area contributed by atoms with E-state index in [0.29, 0.717) is 19.3 Å². The molecule has 1 heterocycles. The fourth-order valence-electron chi connectivity index (χ4n) is 2.19. The van der Waals surface area contributed by atoms with Gasteiger partial charge in [-0.1, -0.05) is 6.92 Å². The molecule has 0 aromatic heterocycles. The molecule has 0 radical (unpaired) electrons. The Labute approximate surface area is 81.2 Å². The zero-order valence-corrected chi connectivity index (χ0v) is 9.08. The van der Waals surface area contributed by atoms with Gasteiger partial charge in [0.2, 0.25) is 0 Å². The van der Waals surface area contributed by atoms with Crippen LogP contribution in [-0.2, 0) is 9.57 Å². The standard InChI is InChI=1S/C10H22NO2/c1-4-10-6-5-7-11(10,2)13-9-8-12-3/h10H,4-9H2,1-3H3/q+1. The SMILES string of the molecule is CCC1CCC[N+]1(C)OCCOC. The highest BCUT2D eigenvalue weighted by Crippen LogP contribution is 2.27. The van der Waals surface area contributed by atoms with Gasteiger partial charge in [0.1, 0.15) is 19.2 Å². The molecule has 2 unspecified atom stereocenters. The molecular weight excluding hydrogens is 166 g/mol. The lowest BCUT2D eigenvalue weighted by Gasteiger charge is -2.32. The molecule has 78 valence electrons. The second-order valence-corrected chi connectivity index (χ2v) is 3.93. The monoisotopic (exact) mass is 188 g/mol. The van der Waals surface area contributed by atoms with E-state index < -0.39 is 0 Å². The molecule has 1 fully saturated rings. The van der Waals surface area contributed by atoms with Gasteiger partial charge in [0.05, 0.1) is 13.7 Å². The Kier molecular flexibility index (Phi) is 4.16. The Morgan fingerprint density at radius 2 is 2.15 bits per heavy atom. The largest absolute Gasteiger partial charge is 0.382 e. The summed E-state index contributed by atoms with van der Waals surface area (Å²) in [5.74, 6) is 0. The molecule has 3 heteroatoms. The van der Waals surface area contributed by atoms with Crippen molar-refractivity contribution in [1.29, 1.82) is 0 Å². The predicted octanol–water partition coefficient (Wildman–Crippen LogP) is 1.58. The van der Waals surface area contributed by atoms with Gasteiger partial charge in [0.15, 0.2) is 0 Å². The van der Waals surface area contributed by atoms with Crippen LogP contribution < -0.4 is 0 Å². The van der Waals surface area contributed by atoms with Gasteiger partial charge in [-0.05, 0) is 6.42 Å². The number of likely N-dealkylation sites (tertiary alicyclic amines) is 1. The molecule has 13 heavy (non-hydrogen) atoms. The van der Waals surface area contributed by atoms with Gasteiger partial charge in [-0.15, -0.1) is 0 Å². The molecule has 1 rings (SSSR count). The van der Waals surface area contributed by atoms with E-state index in [1.807, 2.05) is 0 Å². The molecule has 0 aliphatic carbocycles. The van der Waals surface area contributed by atoms with Crippen molar-refractivity contribution in [3.05, 3.63) is 0 Å². The van der Waals surface area contributed by atoms with Crippen molar-refractivity contribution in [2.24, 2.45) is 0 Å². The van der Waals surface area contributed by atoms with Crippen molar-refractivity contribution in [2.75, 3.05) is 33.9 Å². The molecule has 1 aliphatic rings. The first-order chi connectivity index (χ1) is 6.23. The van der Waals surface area contributed by atoms with E-state index in [0.717, 1.165) is 11.2 Å². The van der Waals surface area contributed by atoms with Crippen LogP contribution in [0.5, 0.6) is 0 Å². The maximum Gasteiger partial charge on any atom is 0.129 e. The molecular formula is C10H22NO2+. The summed E-state index contributed by atoms with van der Waals surface area (Å²) in [6.07, 6.45) is 3.81. The van der Waals surface area contributed by atoms with Crippen LogP contribution in [0.4, 0.5) is 0 Å². The van der Waals surface area contributed by atoms with Crippen LogP contribution in [0.15, 0.2) is 0 Å². The summed E-state index contributed by atoms with van der Waals surface area (Å²) in [6.45, 7) is 4.81. The van der Waals surface area contributed by atoms with Gasteiger partial charge >= 0.3 is 0 Å². The van der Waals surface area contributed by atoms with Gasteiger partial charge < -0.3 is 4.74 Å². The Balaban J connectivity index is 2.34. The first kappa shape index (κ1) is 11.0. The summed E-state index contributed by atoms with van der Waals surface area (Å²) in [7, 11) is 3.90. The minimum absolute atomic E-state index is 0.692. The number of methoxy groups -OCH3 is 1. The van der Waals surface area contributed by atoms with Gasteiger partial charge in [0, 0.05) is 20.0 Å². The van der Waals surface area contributed by atoms with E-state index in [9.17, 15) is 0 Å². The Hall–Kier alpha value is -0.120. The number of hydrogen-bond donors (Lipinski definition) is 0. The Bertz CT molecular complexity index is 152. The summed E-state index contributed by atoms with van der Waals surface area (Å²) in [5, 5.41) is 0. The zero-order valence-electron chi connectivity index (χ0n) is 9.08. The van der Waals surface area contributed by atoms with E-state index >= 15 is 0 Å². The van der Waals surface area contributed by atoms with Crippen molar-refractivity contribution in [1.82, 2.24) is 0 Å². The third-order valence-corrected chi connectivity index (χ3v) is 3.06. The van der Waals surface area contributed by atoms with E-state index in [-0.39, 0.29) is 0 Å². The maximum absolute atomic E-state index is 5.85. The van der Waals surface area contributed by atoms with Crippen molar-refractivity contribution < 1.29 is 14.2 Å². The highest BCUT2D eigenvalue weighted by molar-refractivity contribution is 4.61. The fourth-order valence-corrected chi connectivity index (χ4v) is 2.19. The van der Waals surface area contributed by atoms with Gasteiger partial charge in [0.25, 0.3) is 0 Å². The van der Waals surface area contributed by atoms with Crippen LogP contribution in [0.3, 0.4) is 0 Å². The van der Waals surface area contributed by atoms with Gasteiger partial charge in [-0.2, -0.15) is 4.65 Å². The van der Waals surface area contributed by atoms with Crippen LogP contribution in [0.1, 0.15) is 26.2 Å². The van der Waals surface area contributed by atoms with Crippen LogP contribution in [-0.4, -0.2) is 44.6 Å². The molecule has 3 nitrogen and oxygen atoms in total. The minimum Gasteiger partial charge on any atom is -0.382 e. The minimum atomic E-state index is 0.692. The van der Waals surface area contributed by atoms with Crippen LogP contribution in [0, 0.1) is 0 Å². The molecule has 0 bridgehead atoms. The number of nitrogens with zero attached hydrogens (tertiary/aromatic N) is 1. The predicted molar refractivity (Wildman–Crippen MR) is 52.2 cm³/mol. The van der Waals surface area contributed by atoms with Crippen LogP contribution in [0.2, 0.25) is 0 Å². The molecule has 0 amide bonds. The van der Waals surface area contributed by atoms with Crippen molar-refractivity contribution in [2.45, 2.75) is 32.2 Å². The first-order valence-corrected chi connectivity index (χ1v) is 5.21. The number of hydrogen-bond acceptors (Lipinski definition) is 2. The van der Waals surface area contributed by atoms with Crippen molar-refractivity contribution in [3.63, 3.8) is 0 Å². The Morgan fingerprint density at radius 3 is 2.77 bits per heavy atom. The molecule has 2 atom stereocenters. The number of quaternary nitrogens is 1. The average molecular weight is 188 g/mol. The number of ether oxygens (including phenoxy) is 1. The van der Waals surface area contributed by atoms with Crippen LogP contribution in [0.25, 0.3) is 0 Å². The van der Waals surface area contributed by atoms with Crippen molar-refractivity contribution >= 4 is 0 Å². The lowest BCUT2D eigenvalue weighted by atomic mass is 10.2. The van der Waals surface area contributed by atoms with Gasteiger partial charge in [-0.3, -0.25) is 0 Å². The van der Waals surface area contributed by atoms with E-state index in [2.05, 4.69) is 14.0 Å². The maximum atomic E-state index is 5.85. The average Bonchev–Trinajstić information content (AvgIpc) is 2.47. The van der Waals surface area contributed by atoms with Crippen molar-refractivity contribution in [3.8, 4) is 0 Å². The smallest absolute Gasteiger partial charge is 0.129 e. The lowest BCUT2D eigenvalue weighted by molar-refractivity contribution is -1.10. The summed E-state index contributed by atoms with van der Waals surface area (Å²) in [5.41, 5.74) is 0. The first-order valence-electron chi connectivity index (χ1n) is 5.21. The Morgan fingerprint density at radius 1 is 1.38 bits per heavy atom. The molecule has 0 aromatic carbocycles. The van der Waals surface area contributed by atoms with Gasteiger partial charge in [-0.25, -0.2) is 4.84 Å². The quantitative estimate of drug-likeness (QED) is 0.482. The number of rotatable bonds is 5. The molecule has 1 saturated heterocycles. The van der Waals surface area contributed by atoms with E-state index in [4.69, 9.17) is 9.57 Å². The molecule has 0 saturated carbocycles. The second-order valence-electron chi connectivity index (χ2n) is 3.93. The molecule has 0 aromatic rings. The lowest BCUT2D eigenvalue weighted by Crippen LogP contribution is -2.48. The highest BCUT2D eigenvalue weighted by Gasteiger charge is 2.38. The highest BCUT2D eigenvalue weighted by atomic mass is 16.7. The fraction of sp³-hybridized carbons (Fsp3) is 1.00. The summed E-state index contributed by atoms with van der Waals surface area (Å²) >= 11 is 0. The normalized spacial score (nSPS) is 33.9. The molecule has 0 spiro atoms. The van der Waals surface area contributed by atoms with Crippen LogP contribution >= 0.6 is 0 Å². The third-order valence-electron chi connectivity index (χ3n) is 3.06. The summed E-state index contributed by atoms with van der Waals surface area (Å²) in [4.78, 5) is 5.85. The second kappa shape index (κ2) is 4.94. The molecule has 1 aliphatic heterocycles. The topological polar surface area (TPSA) is 18.5 Å². The molecule has 0 N–H and O–H groups in total. The summed E-state index contributed by atoms with van der Waals surface area (Å²) in [6, 6.07) is 0.692. The van der Waals surface area contributed by atoms with E-state index in [1.165, 1.54) is 19.3 Å². The third kappa shape index (κ3) is 2.66. The zero-order chi connectivity index (χ0) is 9.73. The van der Waals surface area contributed by atoms with E-state index in [1.54, 1.807) is 7.11 Å². The summed E-state index contributed by atoms with van der Waals surface area (Å²) < 4.78 is 5.77. The number of hydroxylamine groups is 3.